The summed E-state index contributed by atoms with van der Waals surface area (Å²) in [5.74, 6) is -1.75. The molecule has 8 bridgehead atoms. The predicted molar refractivity (Wildman–Crippen MR) is 171 cm³/mol. The van der Waals surface area contributed by atoms with Gasteiger partial charge in [0, 0.05) is 12.8 Å². The van der Waals surface area contributed by atoms with Crippen LogP contribution in [-0.4, -0.2) is 32.1 Å². The SMILES string of the molecule is CCC1=C(C)c2cc3[n-]c(cc4nc(cc5[n-]c(c(C)c1n2)c(C)c5CCC(=O)O)C(CCC(=O)O)=C4C)c(C)c3CC.[Cu+2]. The number of carboxylic acids is 2. The van der Waals surface area contributed by atoms with E-state index in [1.165, 1.54) is 5.56 Å². The van der Waals surface area contributed by atoms with Crippen LogP contribution < -0.4 is 9.97 Å². The van der Waals surface area contributed by atoms with E-state index >= 15 is 0 Å². The van der Waals surface area contributed by atoms with Gasteiger partial charge in [-0.05, 0) is 88.2 Å². The van der Waals surface area contributed by atoms with Gasteiger partial charge < -0.3 is 20.2 Å². The van der Waals surface area contributed by atoms with Crippen LogP contribution in [0.25, 0.3) is 44.4 Å². The third-order valence-electron chi connectivity index (χ3n) is 8.89. The molecular weight excluding hydrogens is 604 g/mol. The quantitative estimate of drug-likeness (QED) is 0.247. The molecule has 0 atom stereocenters. The van der Waals surface area contributed by atoms with Gasteiger partial charge in [0.2, 0.25) is 0 Å². The van der Waals surface area contributed by atoms with E-state index in [4.69, 9.17) is 19.9 Å². The van der Waals surface area contributed by atoms with Crippen LogP contribution in [0.15, 0.2) is 18.2 Å². The van der Waals surface area contributed by atoms with Crippen LogP contribution in [0.4, 0.5) is 0 Å². The molecule has 3 aromatic heterocycles. The van der Waals surface area contributed by atoms with Crippen molar-refractivity contribution in [3.63, 3.8) is 0 Å². The maximum Gasteiger partial charge on any atom is 2.00 e. The van der Waals surface area contributed by atoms with E-state index in [1.54, 1.807) is 0 Å². The van der Waals surface area contributed by atoms with Gasteiger partial charge in [0.1, 0.15) is 0 Å². The maximum absolute atomic E-state index is 11.6. The molecule has 0 fully saturated rings. The minimum absolute atomic E-state index is 0. The molecule has 1 radical (unpaired) electrons. The first-order chi connectivity index (χ1) is 20.4. The summed E-state index contributed by atoms with van der Waals surface area (Å²) in [6.45, 7) is 14.4. The first-order valence-electron chi connectivity index (χ1n) is 14.9. The molecule has 0 saturated heterocycles. The standard InChI is InChI=1S/C35H40N4O4.Cu/c1-8-22-17(3)26-14-27-19(5)24(10-12-32(40)41)30(37-27)16-31-25(11-13-33(42)43)20(6)34(39-31)21(7)35-23(9-2)18(4)28(38-35)15-29(22)36-26;/h14-16H,8-13H2,1-7H3,(H4,36,37,38,39,40,41,42,43);/q;+2/p-2. The number of allylic oxidation sites excluding steroid dienone is 4. The molecule has 2 aliphatic rings. The number of hydrogen-bond acceptors (Lipinski definition) is 4. The number of fused-ring (bicyclic) bond motifs is 8. The van der Waals surface area contributed by atoms with E-state index in [2.05, 4.69) is 33.8 Å². The van der Waals surface area contributed by atoms with Gasteiger partial charge >= 0.3 is 29.0 Å². The molecule has 0 aliphatic carbocycles. The van der Waals surface area contributed by atoms with Crippen LogP contribution in [-0.2, 0) is 39.5 Å². The van der Waals surface area contributed by atoms with Crippen LogP contribution >= 0.6 is 0 Å². The minimum Gasteiger partial charge on any atom is -0.657 e. The van der Waals surface area contributed by atoms with Crippen LogP contribution in [0, 0.1) is 20.8 Å². The Morgan fingerprint density at radius 1 is 0.659 bits per heavy atom. The summed E-state index contributed by atoms with van der Waals surface area (Å²) in [6, 6.07) is 5.96. The largest absolute Gasteiger partial charge is 2.00 e. The summed E-state index contributed by atoms with van der Waals surface area (Å²) in [4.78, 5) is 43.4. The molecular formula is C35H38CuN4O4. The number of nitrogens with zero attached hydrogens (tertiary/aromatic N) is 4. The Morgan fingerprint density at radius 3 is 1.86 bits per heavy atom. The Morgan fingerprint density at radius 2 is 1.23 bits per heavy atom. The molecule has 5 rings (SSSR count). The third-order valence-corrected chi connectivity index (χ3v) is 8.89. The van der Waals surface area contributed by atoms with Crippen LogP contribution in [0.3, 0.4) is 0 Å². The molecule has 2 N–H and O–H groups in total. The first kappa shape index (κ1) is 33.0. The molecule has 0 spiro atoms. The van der Waals surface area contributed by atoms with Crippen molar-refractivity contribution in [1.82, 2.24) is 19.9 Å². The number of aromatic nitrogens is 4. The zero-order valence-corrected chi connectivity index (χ0v) is 27.2. The summed E-state index contributed by atoms with van der Waals surface area (Å²) in [5.41, 5.74) is 15.4. The zero-order valence-electron chi connectivity index (χ0n) is 26.3. The van der Waals surface area contributed by atoms with Crippen molar-refractivity contribution in [3.05, 3.63) is 68.8 Å². The van der Waals surface area contributed by atoms with Gasteiger partial charge in [0.15, 0.2) is 0 Å². The average molecular weight is 642 g/mol. The number of carboxylic acid groups (broad SMARTS) is 2. The van der Waals surface area contributed by atoms with Gasteiger partial charge in [-0.15, -0.1) is 22.1 Å². The Hall–Kier alpha value is -3.94. The second kappa shape index (κ2) is 13.0. The van der Waals surface area contributed by atoms with Crippen molar-refractivity contribution >= 4 is 56.3 Å². The maximum atomic E-state index is 11.6. The summed E-state index contributed by atoms with van der Waals surface area (Å²) in [7, 11) is 0. The molecule has 0 saturated carbocycles. The Bertz CT molecular complexity index is 1910. The number of hydrogen-bond donors (Lipinski definition) is 2. The molecule has 0 amide bonds. The fourth-order valence-corrected chi connectivity index (χ4v) is 6.40. The molecule has 9 heteroatoms. The molecule has 44 heavy (non-hydrogen) atoms. The van der Waals surface area contributed by atoms with Crippen LogP contribution in [0.5, 0.6) is 0 Å². The van der Waals surface area contributed by atoms with E-state index in [-0.39, 0.29) is 29.9 Å². The van der Waals surface area contributed by atoms with Gasteiger partial charge in [-0.1, -0.05) is 54.3 Å². The minimum atomic E-state index is -0.878. The van der Waals surface area contributed by atoms with Crippen molar-refractivity contribution in [2.75, 3.05) is 0 Å². The molecule has 3 aromatic rings. The molecule has 5 heterocycles. The Kier molecular flexibility index (Phi) is 9.71. The van der Waals surface area contributed by atoms with Gasteiger partial charge in [0.05, 0.1) is 22.8 Å². The first-order valence-corrected chi connectivity index (χ1v) is 14.9. The second-order valence-corrected chi connectivity index (χ2v) is 11.4. The van der Waals surface area contributed by atoms with E-state index in [0.717, 1.165) is 91.0 Å². The van der Waals surface area contributed by atoms with E-state index in [9.17, 15) is 19.8 Å². The fraction of sp³-hybridized carbons (Fsp3) is 0.371. The van der Waals surface area contributed by atoms with Crippen molar-refractivity contribution in [1.29, 1.82) is 0 Å². The van der Waals surface area contributed by atoms with Crippen molar-refractivity contribution < 1.29 is 36.9 Å². The number of carbonyl (C=O) groups is 2. The summed E-state index contributed by atoms with van der Waals surface area (Å²) in [6.07, 6.45) is 2.22. The molecule has 8 nitrogen and oxygen atoms in total. The molecule has 2 aliphatic heterocycles. The smallest absolute Gasteiger partial charge is 0.657 e. The van der Waals surface area contributed by atoms with E-state index < -0.39 is 11.9 Å². The Labute approximate surface area is 268 Å². The number of aryl methyl sites for hydroxylation is 5. The van der Waals surface area contributed by atoms with Crippen molar-refractivity contribution in [3.8, 4) is 0 Å². The zero-order chi connectivity index (χ0) is 31.2. The number of aliphatic carboxylic acids is 2. The summed E-state index contributed by atoms with van der Waals surface area (Å²) in [5, 5.41) is 19.0. The Balaban J connectivity index is 0.00000442. The van der Waals surface area contributed by atoms with Gasteiger partial charge in [-0.2, -0.15) is 0 Å². The monoisotopic (exact) mass is 641 g/mol. The second-order valence-electron chi connectivity index (χ2n) is 11.4. The van der Waals surface area contributed by atoms with E-state index in [0.29, 0.717) is 24.1 Å². The van der Waals surface area contributed by atoms with Gasteiger partial charge in [0.25, 0.3) is 0 Å². The molecule has 0 unspecified atom stereocenters. The average Bonchev–Trinajstić information content (AvgIpc) is 3.63. The van der Waals surface area contributed by atoms with Crippen molar-refractivity contribution in [2.24, 2.45) is 0 Å². The predicted octanol–water partition coefficient (Wildman–Crippen LogP) is 7.21. The molecule has 0 aromatic carbocycles. The fourth-order valence-electron chi connectivity index (χ4n) is 6.40. The van der Waals surface area contributed by atoms with Gasteiger partial charge in [-0.25, -0.2) is 9.97 Å². The van der Waals surface area contributed by atoms with E-state index in [1.807, 2.05) is 32.9 Å². The van der Waals surface area contributed by atoms with Crippen molar-refractivity contribution in [2.45, 2.75) is 87.0 Å². The van der Waals surface area contributed by atoms with Gasteiger partial charge in [-0.3, -0.25) is 9.59 Å². The summed E-state index contributed by atoms with van der Waals surface area (Å²) >= 11 is 0. The van der Waals surface area contributed by atoms with Crippen LogP contribution in [0.2, 0.25) is 0 Å². The summed E-state index contributed by atoms with van der Waals surface area (Å²) < 4.78 is 0. The normalized spacial score (nSPS) is 13.0. The third kappa shape index (κ3) is 5.91. The topological polar surface area (TPSA) is 129 Å². The van der Waals surface area contributed by atoms with Crippen LogP contribution in [0.1, 0.15) is 104 Å². The number of rotatable bonds is 8. The molecule has 233 valence electrons.